The average Bonchev–Trinajstić information content (AvgIpc) is 2.60. The third-order valence-electron chi connectivity index (χ3n) is 2.68. The van der Waals surface area contributed by atoms with Crippen LogP contribution < -0.4 is 10.6 Å². The molecule has 0 aliphatic carbocycles. The third-order valence-corrected chi connectivity index (χ3v) is 2.68. The molecule has 1 aliphatic rings. The van der Waals surface area contributed by atoms with E-state index in [0.717, 1.165) is 10.5 Å². The predicted octanol–water partition coefficient (Wildman–Crippen LogP) is 2.11. The monoisotopic (exact) mass is 244 g/mol. The van der Waals surface area contributed by atoms with Crippen LogP contribution in [0.4, 0.5) is 24.5 Å². The molecule has 1 amide bonds. The zero-order chi connectivity index (χ0) is 12.6. The molecule has 0 radical (unpaired) electrons. The quantitative estimate of drug-likeness (QED) is 0.769. The van der Waals surface area contributed by atoms with Crippen LogP contribution in [0.2, 0.25) is 0 Å². The lowest BCUT2D eigenvalue weighted by atomic mass is 10.1. The van der Waals surface area contributed by atoms with E-state index in [-0.39, 0.29) is 6.54 Å². The highest BCUT2D eigenvalue weighted by molar-refractivity contribution is 5.99. The fourth-order valence-electron chi connectivity index (χ4n) is 2.00. The molecule has 0 saturated heterocycles. The van der Waals surface area contributed by atoms with Gasteiger partial charge in [0.2, 0.25) is 5.91 Å². The maximum atomic E-state index is 12.2. The number of carbonyl (C=O) groups is 1. The maximum absolute atomic E-state index is 12.2. The summed E-state index contributed by atoms with van der Waals surface area (Å²) in [6, 6.07) is 5.08. The molecule has 1 aromatic rings. The Morgan fingerprint density at radius 1 is 1.41 bits per heavy atom. The highest BCUT2D eigenvalue weighted by Crippen LogP contribution is 2.35. The van der Waals surface area contributed by atoms with Gasteiger partial charge < -0.3 is 10.6 Å². The van der Waals surface area contributed by atoms with E-state index < -0.39 is 18.5 Å². The third kappa shape index (κ3) is 2.35. The van der Waals surface area contributed by atoms with E-state index in [1.165, 1.54) is 0 Å². The molecular weight excluding hydrogens is 233 g/mol. The van der Waals surface area contributed by atoms with Gasteiger partial charge in [0.15, 0.2) is 0 Å². The van der Waals surface area contributed by atoms with E-state index in [9.17, 15) is 18.0 Å². The van der Waals surface area contributed by atoms with Crippen molar-refractivity contribution in [2.75, 3.05) is 17.2 Å². The minimum absolute atomic E-state index is 0.262. The molecule has 1 heterocycles. The molecule has 6 heteroatoms. The lowest BCUT2D eigenvalue weighted by molar-refractivity contribution is -0.151. The summed E-state index contributed by atoms with van der Waals surface area (Å²) in [6.45, 7) is 0.262. The normalized spacial score (nSPS) is 14.9. The van der Waals surface area contributed by atoms with E-state index in [1.807, 2.05) is 0 Å². The Morgan fingerprint density at radius 2 is 2.12 bits per heavy atom. The summed E-state index contributed by atoms with van der Waals surface area (Å²) in [6.07, 6.45) is -5.38. The molecule has 0 saturated carbocycles. The van der Waals surface area contributed by atoms with E-state index >= 15 is 0 Å². The summed E-state index contributed by atoms with van der Waals surface area (Å²) < 4.78 is 36.5. The largest absolute Gasteiger partial charge is 0.397 e. The molecule has 1 aliphatic heterocycles. The van der Waals surface area contributed by atoms with Crippen molar-refractivity contribution in [2.45, 2.75) is 19.0 Å². The molecule has 92 valence electrons. The van der Waals surface area contributed by atoms with Crippen LogP contribution in [-0.2, 0) is 11.2 Å². The van der Waals surface area contributed by atoms with Crippen molar-refractivity contribution < 1.29 is 18.0 Å². The molecule has 0 fully saturated rings. The van der Waals surface area contributed by atoms with Gasteiger partial charge in [-0.2, -0.15) is 13.2 Å². The van der Waals surface area contributed by atoms with E-state index in [1.54, 1.807) is 18.2 Å². The lowest BCUT2D eigenvalue weighted by Crippen LogP contribution is -2.33. The van der Waals surface area contributed by atoms with Crippen molar-refractivity contribution in [1.82, 2.24) is 0 Å². The second kappa shape index (κ2) is 3.94. The van der Waals surface area contributed by atoms with Gasteiger partial charge >= 0.3 is 6.18 Å². The number of fused-ring (bicyclic) bond motifs is 1. The first-order valence-electron chi connectivity index (χ1n) is 5.13. The number of alkyl halides is 3. The van der Waals surface area contributed by atoms with Gasteiger partial charge in [-0.05, 0) is 18.1 Å². The number of nitrogen functional groups attached to an aromatic ring is 1. The van der Waals surface area contributed by atoms with E-state index in [2.05, 4.69) is 0 Å². The minimum Gasteiger partial charge on any atom is -0.397 e. The minimum atomic E-state index is -4.48. The zero-order valence-electron chi connectivity index (χ0n) is 8.92. The number of para-hydroxylation sites is 1. The molecule has 2 rings (SSSR count). The summed E-state index contributed by atoms with van der Waals surface area (Å²) in [5, 5.41) is 0. The van der Waals surface area contributed by atoms with Gasteiger partial charge in [0.1, 0.15) is 6.42 Å². The lowest BCUT2D eigenvalue weighted by Gasteiger charge is -2.19. The van der Waals surface area contributed by atoms with Gasteiger partial charge in [-0.25, -0.2) is 0 Å². The number of hydrogen-bond donors (Lipinski definition) is 1. The maximum Gasteiger partial charge on any atom is 0.397 e. The smallest absolute Gasteiger partial charge is 0.397 e. The fourth-order valence-corrected chi connectivity index (χ4v) is 2.00. The Morgan fingerprint density at radius 3 is 2.76 bits per heavy atom. The van der Waals surface area contributed by atoms with Crippen molar-refractivity contribution in [3.05, 3.63) is 23.8 Å². The summed E-state index contributed by atoms with van der Waals surface area (Å²) in [7, 11) is 0. The molecular formula is C11H11F3N2O. The van der Waals surface area contributed by atoms with Crippen LogP contribution in [0.1, 0.15) is 12.0 Å². The van der Waals surface area contributed by atoms with Gasteiger partial charge in [-0.1, -0.05) is 12.1 Å². The summed E-state index contributed by atoms with van der Waals surface area (Å²) in [5.41, 5.74) is 7.28. The van der Waals surface area contributed by atoms with Crippen LogP contribution in [0.3, 0.4) is 0 Å². The number of carbonyl (C=O) groups excluding carboxylic acids is 1. The number of nitrogens with two attached hydrogens (primary N) is 1. The van der Waals surface area contributed by atoms with Gasteiger partial charge in [0.25, 0.3) is 0 Å². The Hall–Kier alpha value is -1.72. The standard InChI is InChI=1S/C11H11F3N2O/c12-11(13,14)6-9(17)16-5-4-7-2-1-3-8(15)10(7)16/h1-3H,4-6,15H2. The first-order valence-corrected chi connectivity index (χ1v) is 5.13. The number of amides is 1. The highest BCUT2D eigenvalue weighted by atomic mass is 19.4. The average molecular weight is 244 g/mol. The van der Waals surface area contributed by atoms with Crippen LogP contribution in [0.25, 0.3) is 0 Å². The predicted molar refractivity (Wildman–Crippen MR) is 57.6 cm³/mol. The molecule has 0 aromatic heterocycles. The summed E-state index contributed by atoms with van der Waals surface area (Å²) >= 11 is 0. The second-order valence-corrected chi connectivity index (χ2v) is 3.94. The van der Waals surface area contributed by atoms with Crippen LogP contribution >= 0.6 is 0 Å². The number of halogens is 3. The summed E-state index contributed by atoms with van der Waals surface area (Å²) in [4.78, 5) is 12.6. The van der Waals surface area contributed by atoms with Crippen molar-refractivity contribution in [1.29, 1.82) is 0 Å². The Balaban J connectivity index is 2.25. The number of anilines is 2. The fraction of sp³-hybridized carbons (Fsp3) is 0.364. The second-order valence-electron chi connectivity index (χ2n) is 3.94. The molecule has 1 aromatic carbocycles. The van der Waals surface area contributed by atoms with Gasteiger partial charge in [-0.3, -0.25) is 4.79 Å². The van der Waals surface area contributed by atoms with Crippen LogP contribution in [0.5, 0.6) is 0 Å². The Bertz CT molecular complexity index is 457. The van der Waals surface area contributed by atoms with Gasteiger partial charge in [0, 0.05) is 6.54 Å². The van der Waals surface area contributed by atoms with Crippen LogP contribution in [-0.4, -0.2) is 18.6 Å². The number of nitrogens with zero attached hydrogens (tertiary/aromatic N) is 1. The van der Waals surface area contributed by atoms with Gasteiger partial charge in [-0.15, -0.1) is 0 Å². The Kier molecular flexibility index (Phi) is 2.73. The van der Waals surface area contributed by atoms with Crippen molar-refractivity contribution in [3.8, 4) is 0 Å². The van der Waals surface area contributed by atoms with Crippen molar-refractivity contribution >= 4 is 17.3 Å². The first-order chi connectivity index (χ1) is 7.88. The SMILES string of the molecule is Nc1cccc2c1N(C(=O)CC(F)(F)F)CC2. The van der Waals surface area contributed by atoms with E-state index in [0.29, 0.717) is 17.8 Å². The van der Waals surface area contributed by atoms with Crippen molar-refractivity contribution in [2.24, 2.45) is 0 Å². The number of hydrogen-bond acceptors (Lipinski definition) is 2. The molecule has 0 atom stereocenters. The van der Waals surface area contributed by atoms with Crippen molar-refractivity contribution in [3.63, 3.8) is 0 Å². The molecule has 2 N–H and O–H groups in total. The number of rotatable bonds is 1. The Labute approximate surface area is 96.0 Å². The number of benzene rings is 1. The zero-order valence-corrected chi connectivity index (χ0v) is 8.92. The first kappa shape index (κ1) is 11.8. The molecule has 0 unspecified atom stereocenters. The van der Waals surface area contributed by atoms with Crippen LogP contribution in [0, 0.1) is 0 Å². The van der Waals surface area contributed by atoms with Crippen LogP contribution in [0.15, 0.2) is 18.2 Å². The summed E-state index contributed by atoms with van der Waals surface area (Å²) in [5.74, 6) is -0.950. The van der Waals surface area contributed by atoms with E-state index in [4.69, 9.17) is 5.73 Å². The molecule has 0 spiro atoms. The topological polar surface area (TPSA) is 46.3 Å². The molecule has 0 bridgehead atoms. The highest BCUT2D eigenvalue weighted by Gasteiger charge is 2.36. The molecule has 17 heavy (non-hydrogen) atoms. The molecule has 3 nitrogen and oxygen atoms in total. The van der Waals surface area contributed by atoms with Gasteiger partial charge in [0.05, 0.1) is 11.4 Å².